The first-order chi connectivity index (χ1) is 12.1. The van der Waals surface area contributed by atoms with E-state index >= 15 is 0 Å². The van der Waals surface area contributed by atoms with E-state index in [1.807, 2.05) is 12.1 Å². The van der Waals surface area contributed by atoms with E-state index < -0.39 is 0 Å². The Morgan fingerprint density at radius 1 is 0.920 bits per heavy atom. The van der Waals surface area contributed by atoms with E-state index in [0.717, 1.165) is 11.1 Å². The number of rotatable bonds is 7. The van der Waals surface area contributed by atoms with Gasteiger partial charge in [-0.05, 0) is 41.8 Å². The topological polar surface area (TPSA) is 86.7 Å². The zero-order chi connectivity index (χ0) is 18.4. The van der Waals surface area contributed by atoms with Crippen LogP contribution in [0.1, 0.15) is 17.0 Å². The highest BCUT2D eigenvalue weighted by molar-refractivity contribution is 5.56. The molecule has 2 rings (SSSR count). The molecule has 0 saturated carbocycles. The summed E-state index contributed by atoms with van der Waals surface area (Å²) in [6, 6.07) is 11.4. The molecule has 2 aromatic carbocycles. The maximum Gasteiger partial charge on any atom is 0.203 e. The van der Waals surface area contributed by atoms with Gasteiger partial charge in [0.1, 0.15) is 5.75 Å². The molecule has 0 heterocycles. The smallest absolute Gasteiger partial charge is 0.203 e. The Labute approximate surface area is 147 Å². The Balaban J connectivity index is 2.38. The molecule has 0 saturated heterocycles. The van der Waals surface area contributed by atoms with Crippen molar-refractivity contribution < 1.29 is 18.9 Å². The van der Waals surface area contributed by atoms with Crippen LogP contribution in [0.15, 0.2) is 30.3 Å². The van der Waals surface area contributed by atoms with Gasteiger partial charge in [-0.2, -0.15) is 5.26 Å². The van der Waals surface area contributed by atoms with Gasteiger partial charge in [0.25, 0.3) is 0 Å². The summed E-state index contributed by atoms with van der Waals surface area (Å²) in [6.07, 6.45) is 0.503. The summed E-state index contributed by atoms with van der Waals surface area (Å²) in [5.74, 6) is 1.77. The Morgan fingerprint density at radius 2 is 1.52 bits per heavy atom. The van der Waals surface area contributed by atoms with Gasteiger partial charge in [-0.3, -0.25) is 0 Å². The van der Waals surface area contributed by atoms with Crippen molar-refractivity contribution in [3.05, 3.63) is 41.5 Å². The van der Waals surface area contributed by atoms with Crippen molar-refractivity contribution in [1.29, 1.82) is 5.26 Å². The minimum absolute atomic E-state index is 0.387. The predicted molar refractivity (Wildman–Crippen MR) is 95.6 cm³/mol. The Kier molecular flexibility index (Phi) is 5.96. The zero-order valence-electron chi connectivity index (χ0n) is 14.8. The standard InChI is InChI=1S/C19H22N2O4/c1-22-16-6-5-12(8-15(16)21)7-14(11-20)13-9-17(23-2)19(25-4)18(10-13)24-3/h5-6,8-10,14H,7,21H2,1-4H3. The SMILES string of the molecule is COc1ccc(CC(C#N)c2cc(OC)c(OC)c(OC)c2)cc1N. The van der Waals surface area contributed by atoms with Gasteiger partial charge >= 0.3 is 0 Å². The second-order valence-electron chi connectivity index (χ2n) is 5.42. The molecular weight excluding hydrogens is 320 g/mol. The van der Waals surface area contributed by atoms with Crippen molar-refractivity contribution in [3.63, 3.8) is 0 Å². The third kappa shape index (κ3) is 3.89. The second-order valence-corrected chi connectivity index (χ2v) is 5.42. The Morgan fingerprint density at radius 3 is 1.96 bits per heavy atom. The molecule has 1 atom stereocenters. The number of hydrogen-bond donors (Lipinski definition) is 1. The van der Waals surface area contributed by atoms with Gasteiger partial charge in [0.05, 0.1) is 46.1 Å². The number of anilines is 1. The molecule has 0 bridgehead atoms. The number of nitriles is 1. The van der Waals surface area contributed by atoms with E-state index in [2.05, 4.69) is 6.07 Å². The van der Waals surface area contributed by atoms with Crippen LogP contribution >= 0.6 is 0 Å². The second kappa shape index (κ2) is 8.15. The van der Waals surface area contributed by atoms with Gasteiger partial charge in [0.15, 0.2) is 11.5 Å². The van der Waals surface area contributed by atoms with Crippen LogP contribution in [0.2, 0.25) is 0 Å². The average molecular weight is 342 g/mol. The van der Waals surface area contributed by atoms with Crippen LogP contribution in [-0.4, -0.2) is 28.4 Å². The fraction of sp³-hybridized carbons (Fsp3) is 0.316. The molecule has 6 nitrogen and oxygen atoms in total. The van der Waals surface area contributed by atoms with Crippen molar-refractivity contribution >= 4 is 5.69 Å². The molecule has 132 valence electrons. The van der Waals surface area contributed by atoms with Crippen LogP contribution in [0.25, 0.3) is 0 Å². The highest BCUT2D eigenvalue weighted by Gasteiger charge is 2.19. The normalized spacial score (nSPS) is 11.3. The summed E-state index contributed by atoms with van der Waals surface area (Å²) >= 11 is 0. The molecule has 1 unspecified atom stereocenters. The van der Waals surface area contributed by atoms with Crippen molar-refractivity contribution in [2.45, 2.75) is 12.3 Å². The fourth-order valence-corrected chi connectivity index (χ4v) is 2.69. The maximum absolute atomic E-state index is 9.65. The largest absolute Gasteiger partial charge is 0.495 e. The average Bonchev–Trinajstić information content (AvgIpc) is 2.64. The van der Waals surface area contributed by atoms with E-state index in [1.54, 1.807) is 46.6 Å². The molecule has 0 aromatic heterocycles. The number of benzene rings is 2. The molecule has 0 aliphatic rings. The molecule has 0 aliphatic heterocycles. The van der Waals surface area contributed by atoms with E-state index in [-0.39, 0.29) is 5.92 Å². The van der Waals surface area contributed by atoms with Crippen molar-refractivity contribution in [2.24, 2.45) is 0 Å². The quantitative estimate of drug-likeness (QED) is 0.778. The third-order valence-electron chi connectivity index (χ3n) is 3.98. The van der Waals surface area contributed by atoms with E-state index in [4.69, 9.17) is 24.7 Å². The molecule has 2 N–H and O–H groups in total. The molecule has 0 amide bonds. The van der Waals surface area contributed by atoms with Gasteiger partial charge in [-0.1, -0.05) is 6.07 Å². The maximum atomic E-state index is 9.65. The lowest BCUT2D eigenvalue weighted by Gasteiger charge is -2.17. The number of nitrogens with two attached hydrogens (primary N) is 1. The fourth-order valence-electron chi connectivity index (χ4n) is 2.69. The van der Waals surface area contributed by atoms with Gasteiger partial charge in [-0.15, -0.1) is 0 Å². The summed E-state index contributed by atoms with van der Waals surface area (Å²) in [5.41, 5.74) is 8.22. The Bertz CT molecular complexity index is 758. The first-order valence-corrected chi connectivity index (χ1v) is 7.69. The molecule has 0 spiro atoms. The molecule has 0 radical (unpaired) electrons. The monoisotopic (exact) mass is 342 g/mol. The minimum atomic E-state index is -0.387. The molecule has 25 heavy (non-hydrogen) atoms. The predicted octanol–water partition coefficient (Wildman–Crippen LogP) is 3.15. The number of hydrogen-bond acceptors (Lipinski definition) is 6. The third-order valence-corrected chi connectivity index (χ3v) is 3.98. The summed E-state index contributed by atoms with van der Waals surface area (Å²) < 4.78 is 21.2. The summed E-state index contributed by atoms with van der Waals surface area (Å²) in [5, 5.41) is 9.65. The van der Waals surface area contributed by atoms with Crippen LogP contribution in [-0.2, 0) is 6.42 Å². The number of ether oxygens (including phenoxy) is 4. The highest BCUT2D eigenvalue weighted by Crippen LogP contribution is 2.40. The van der Waals surface area contributed by atoms with Crippen LogP contribution in [0, 0.1) is 11.3 Å². The lowest BCUT2D eigenvalue weighted by Crippen LogP contribution is -2.04. The number of nitrogens with zero attached hydrogens (tertiary/aromatic N) is 1. The van der Waals surface area contributed by atoms with Crippen LogP contribution < -0.4 is 24.7 Å². The van der Waals surface area contributed by atoms with Gasteiger partial charge in [0.2, 0.25) is 5.75 Å². The van der Waals surface area contributed by atoms with Crippen LogP contribution in [0.3, 0.4) is 0 Å². The van der Waals surface area contributed by atoms with Crippen molar-refractivity contribution in [1.82, 2.24) is 0 Å². The summed E-state index contributed by atoms with van der Waals surface area (Å²) in [6.45, 7) is 0. The van der Waals surface area contributed by atoms with E-state index in [1.165, 1.54) is 0 Å². The van der Waals surface area contributed by atoms with Crippen LogP contribution in [0.4, 0.5) is 5.69 Å². The van der Waals surface area contributed by atoms with Crippen molar-refractivity contribution in [3.8, 4) is 29.1 Å². The van der Waals surface area contributed by atoms with E-state index in [9.17, 15) is 5.26 Å². The molecule has 6 heteroatoms. The zero-order valence-corrected chi connectivity index (χ0v) is 14.8. The van der Waals surface area contributed by atoms with Gasteiger partial charge in [-0.25, -0.2) is 0 Å². The van der Waals surface area contributed by atoms with Gasteiger partial charge < -0.3 is 24.7 Å². The summed E-state index contributed by atoms with van der Waals surface area (Å²) in [7, 11) is 6.21. The van der Waals surface area contributed by atoms with Crippen LogP contribution in [0.5, 0.6) is 23.0 Å². The lowest BCUT2D eigenvalue weighted by atomic mass is 9.92. The molecule has 0 aliphatic carbocycles. The molecule has 2 aromatic rings. The highest BCUT2D eigenvalue weighted by atomic mass is 16.5. The Hall–Kier alpha value is -3.07. The first kappa shape index (κ1) is 18.3. The molecular formula is C19H22N2O4. The van der Waals surface area contributed by atoms with E-state index in [0.29, 0.717) is 35.1 Å². The summed E-state index contributed by atoms with van der Waals surface area (Å²) in [4.78, 5) is 0. The van der Waals surface area contributed by atoms with Gasteiger partial charge in [0, 0.05) is 0 Å². The first-order valence-electron chi connectivity index (χ1n) is 7.69. The van der Waals surface area contributed by atoms with Crippen molar-refractivity contribution in [2.75, 3.05) is 34.2 Å². The lowest BCUT2D eigenvalue weighted by molar-refractivity contribution is 0.323. The molecule has 0 fully saturated rings. The number of nitrogen functional groups attached to an aromatic ring is 1. The minimum Gasteiger partial charge on any atom is -0.495 e. The number of methoxy groups -OCH3 is 4.